The van der Waals surface area contributed by atoms with Gasteiger partial charge < -0.3 is 14.8 Å². The molecule has 23 heavy (non-hydrogen) atoms. The zero-order valence-corrected chi connectivity index (χ0v) is 13.3. The molecular formula is C16H12Cl2FNO3. The van der Waals surface area contributed by atoms with Crippen LogP contribution in [-0.2, 0) is 4.79 Å². The molecule has 2 aromatic rings. The average Bonchev–Trinajstić information content (AvgIpc) is 2.52. The molecule has 0 saturated heterocycles. The number of amides is 1. The van der Waals surface area contributed by atoms with Crippen LogP contribution in [0.3, 0.4) is 0 Å². The lowest BCUT2D eigenvalue weighted by Gasteiger charge is -2.19. The van der Waals surface area contributed by atoms with Crippen LogP contribution >= 0.6 is 23.2 Å². The Hall–Kier alpha value is -2.11. The molecule has 0 saturated carbocycles. The average molecular weight is 356 g/mol. The molecule has 0 bridgehead atoms. The van der Waals surface area contributed by atoms with Gasteiger partial charge in [0.15, 0.2) is 0 Å². The maximum Gasteiger partial charge on any atom is 0.413 e. The highest BCUT2D eigenvalue weighted by Crippen LogP contribution is 2.31. The predicted octanol–water partition coefficient (Wildman–Crippen LogP) is 4.55. The first-order valence-corrected chi connectivity index (χ1v) is 7.39. The van der Waals surface area contributed by atoms with Crippen LogP contribution in [0.2, 0.25) is 10.0 Å². The van der Waals surface area contributed by atoms with E-state index >= 15 is 0 Å². The number of ether oxygens (including phenoxy) is 1. The van der Waals surface area contributed by atoms with Gasteiger partial charge in [0.2, 0.25) is 0 Å². The second kappa shape index (κ2) is 7.94. The van der Waals surface area contributed by atoms with Crippen LogP contribution in [0, 0.1) is 5.82 Å². The van der Waals surface area contributed by atoms with Gasteiger partial charge in [-0.3, -0.25) is 0 Å². The van der Waals surface area contributed by atoms with Gasteiger partial charge >= 0.3 is 6.09 Å². The highest BCUT2D eigenvalue weighted by Gasteiger charge is 2.23. The van der Waals surface area contributed by atoms with Crippen molar-refractivity contribution in [2.75, 3.05) is 0 Å². The third-order valence-electron chi connectivity index (χ3n) is 3.01. The molecule has 0 aromatic heterocycles. The van der Waals surface area contributed by atoms with E-state index in [1.54, 1.807) is 30.3 Å². The normalized spacial score (nSPS) is 11.6. The Kier molecular flexibility index (Phi) is 5.96. The largest absolute Gasteiger partial charge is 0.413 e. The quantitative estimate of drug-likeness (QED) is 0.632. The molecule has 1 N–H and O–H groups in total. The first-order valence-electron chi connectivity index (χ1n) is 6.63. The lowest BCUT2D eigenvalue weighted by Crippen LogP contribution is -2.32. The topological polar surface area (TPSA) is 55.4 Å². The van der Waals surface area contributed by atoms with E-state index in [1.807, 2.05) is 0 Å². The zero-order valence-electron chi connectivity index (χ0n) is 11.8. The van der Waals surface area contributed by atoms with Gasteiger partial charge in [-0.25, -0.2) is 9.18 Å². The number of carbonyl (C=O) groups is 2. The van der Waals surface area contributed by atoms with Crippen molar-refractivity contribution in [3.63, 3.8) is 0 Å². The van der Waals surface area contributed by atoms with Crippen LogP contribution < -0.4 is 10.1 Å². The third kappa shape index (κ3) is 4.43. The molecule has 0 aliphatic carbocycles. The highest BCUT2D eigenvalue weighted by atomic mass is 35.5. The van der Waals surface area contributed by atoms with Crippen molar-refractivity contribution < 1.29 is 18.7 Å². The zero-order chi connectivity index (χ0) is 16.8. The summed E-state index contributed by atoms with van der Waals surface area (Å²) in [5.74, 6) is -0.474. The Balaban J connectivity index is 2.21. The molecule has 4 nitrogen and oxygen atoms in total. The summed E-state index contributed by atoms with van der Waals surface area (Å²) in [6, 6.07) is 10.0. The van der Waals surface area contributed by atoms with E-state index in [0.29, 0.717) is 12.0 Å². The van der Waals surface area contributed by atoms with Crippen LogP contribution in [0.25, 0.3) is 0 Å². The number of hydrogen-bond acceptors (Lipinski definition) is 3. The SMILES string of the molecule is O=CCC(NC(=O)Oc1ccccc1)c1c(Cl)ccc(Cl)c1F. The Morgan fingerprint density at radius 2 is 1.83 bits per heavy atom. The summed E-state index contributed by atoms with van der Waals surface area (Å²) in [6.45, 7) is 0. The van der Waals surface area contributed by atoms with Crippen LogP contribution in [0.15, 0.2) is 42.5 Å². The molecule has 0 radical (unpaired) electrons. The molecule has 0 heterocycles. The van der Waals surface area contributed by atoms with E-state index in [1.165, 1.54) is 12.1 Å². The monoisotopic (exact) mass is 355 g/mol. The third-order valence-corrected chi connectivity index (χ3v) is 3.63. The van der Waals surface area contributed by atoms with Crippen molar-refractivity contribution in [3.05, 3.63) is 63.9 Å². The Morgan fingerprint density at radius 3 is 2.48 bits per heavy atom. The molecule has 1 amide bonds. The summed E-state index contributed by atoms with van der Waals surface area (Å²) in [5.41, 5.74) is -0.0590. The van der Waals surface area contributed by atoms with Crippen LogP contribution in [-0.4, -0.2) is 12.4 Å². The van der Waals surface area contributed by atoms with E-state index in [-0.39, 0.29) is 22.0 Å². The van der Waals surface area contributed by atoms with Crippen molar-refractivity contribution >= 4 is 35.6 Å². The molecule has 0 aliphatic heterocycles. The minimum atomic E-state index is -0.991. The maximum atomic E-state index is 14.2. The summed E-state index contributed by atoms with van der Waals surface area (Å²) in [7, 11) is 0. The van der Waals surface area contributed by atoms with Crippen molar-refractivity contribution in [2.45, 2.75) is 12.5 Å². The summed E-state index contributed by atoms with van der Waals surface area (Å²) >= 11 is 11.7. The molecule has 0 fully saturated rings. The number of hydrogen-bond donors (Lipinski definition) is 1. The summed E-state index contributed by atoms with van der Waals surface area (Å²) < 4.78 is 19.2. The van der Waals surface area contributed by atoms with Crippen molar-refractivity contribution in [1.82, 2.24) is 5.32 Å². The van der Waals surface area contributed by atoms with Gasteiger partial charge in [-0.2, -0.15) is 0 Å². The highest BCUT2D eigenvalue weighted by molar-refractivity contribution is 6.33. The van der Waals surface area contributed by atoms with Crippen molar-refractivity contribution in [1.29, 1.82) is 0 Å². The number of benzene rings is 2. The number of nitrogens with one attached hydrogen (secondary N) is 1. The Labute approximate surface area is 142 Å². The van der Waals surface area contributed by atoms with E-state index in [0.717, 1.165) is 0 Å². The van der Waals surface area contributed by atoms with Crippen LogP contribution in [0.4, 0.5) is 9.18 Å². The van der Waals surface area contributed by atoms with Gasteiger partial charge in [0, 0.05) is 17.0 Å². The fourth-order valence-electron chi connectivity index (χ4n) is 1.97. The van der Waals surface area contributed by atoms with Crippen molar-refractivity contribution in [3.8, 4) is 5.75 Å². The fourth-order valence-corrected chi connectivity index (χ4v) is 2.42. The smallest absolute Gasteiger partial charge is 0.410 e. The fraction of sp³-hybridized carbons (Fsp3) is 0.125. The van der Waals surface area contributed by atoms with Gasteiger partial charge in [0.25, 0.3) is 0 Å². The second-order valence-corrected chi connectivity index (χ2v) is 5.37. The summed E-state index contributed by atoms with van der Waals surface area (Å²) in [6.07, 6.45) is -0.469. The van der Waals surface area contributed by atoms with Gasteiger partial charge in [-0.1, -0.05) is 41.4 Å². The standard InChI is InChI=1S/C16H12Cl2FNO3/c17-11-6-7-12(18)15(19)14(11)13(8-9-21)20-16(22)23-10-4-2-1-3-5-10/h1-7,9,13H,8H2,(H,20,22). The second-order valence-electron chi connectivity index (χ2n) is 4.56. The molecule has 1 atom stereocenters. The maximum absolute atomic E-state index is 14.2. The molecule has 120 valence electrons. The Morgan fingerprint density at radius 1 is 1.17 bits per heavy atom. The van der Waals surface area contributed by atoms with E-state index in [2.05, 4.69) is 5.32 Å². The Bertz CT molecular complexity index is 710. The van der Waals surface area contributed by atoms with E-state index < -0.39 is 18.0 Å². The molecule has 0 spiro atoms. The minimum absolute atomic E-state index is 0.0544. The molecular weight excluding hydrogens is 344 g/mol. The van der Waals surface area contributed by atoms with Gasteiger partial charge in [0.1, 0.15) is 17.9 Å². The molecule has 7 heteroatoms. The van der Waals surface area contributed by atoms with Gasteiger partial charge in [-0.15, -0.1) is 0 Å². The number of aldehydes is 1. The predicted molar refractivity (Wildman–Crippen MR) is 85.4 cm³/mol. The minimum Gasteiger partial charge on any atom is -0.410 e. The molecule has 2 rings (SSSR count). The summed E-state index contributed by atoms with van der Waals surface area (Å²) in [5, 5.41) is 2.32. The van der Waals surface area contributed by atoms with E-state index in [9.17, 15) is 14.0 Å². The van der Waals surface area contributed by atoms with Gasteiger partial charge in [-0.05, 0) is 24.3 Å². The molecule has 1 unspecified atom stereocenters. The van der Waals surface area contributed by atoms with Crippen LogP contribution in [0.5, 0.6) is 5.75 Å². The number of halogens is 3. The lowest BCUT2D eigenvalue weighted by atomic mass is 10.0. The first kappa shape index (κ1) is 17.2. The number of carbonyl (C=O) groups excluding carboxylic acids is 2. The van der Waals surface area contributed by atoms with Crippen molar-refractivity contribution in [2.24, 2.45) is 0 Å². The van der Waals surface area contributed by atoms with Crippen LogP contribution in [0.1, 0.15) is 18.0 Å². The van der Waals surface area contributed by atoms with E-state index in [4.69, 9.17) is 27.9 Å². The lowest BCUT2D eigenvalue weighted by molar-refractivity contribution is -0.108. The molecule has 0 aliphatic rings. The molecule has 2 aromatic carbocycles. The van der Waals surface area contributed by atoms with Gasteiger partial charge in [0.05, 0.1) is 11.1 Å². The number of para-hydroxylation sites is 1. The summed E-state index contributed by atoms with van der Waals surface area (Å²) in [4.78, 5) is 22.8. The first-order chi connectivity index (χ1) is 11.0. The number of rotatable bonds is 5.